The molecular formula is C17H13F5N2O2. The molecule has 0 aliphatic heterocycles. The molecule has 0 radical (unpaired) electrons. The summed E-state index contributed by atoms with van der Waals surface area (Å²) in [6.45, 7) is 0. The van der Waals surface area contributed by atoms with Gasteiger partial charge in [0.2, 0.25) is 5.91 Å². The highest BCUT2D eigenvalue weighted by Crippen LogP contribution is 2.29. The summed E-state index contributed by atoms with van der Waals surface area (Å²) in [7, 11) is 1.28. The Morgan fingerprint density at radius 2 is 1.58 bits per heavy atom. The molecule has 0 saturated carbocycles. The fourth-order valence-electron chi connectivity index (χ4n) is 2.16. The topological polar surface area (TPSA) is 58.2 Å². The van der Waals surface area contributed by atoms with Crippen LogP contribution in [0.3, 0.4) is 0 Å². The number of likely N-dealkylation sites (N-methyl/N-ethyl adjacent to an activating group) is 1. The van der Waals surface area contributed by atoms with Crippen molar-refractivity contribution in [3.8, 4) is 0 Å². The Labute approximate surface area is 145 Å². The van der Waals surface area contributed by atoms with Gasteiger partial charge in [0.15, 0.2) is 11.6 Å². The molecule has 2 aromatic rings. The zero-order valence-corrected chi connectivity index (χ0v) is 13.3. The molecule has 4 nitrogen and oxygen atoms in total. The van der Waals surface area contributed by atoms with Gasteiger partial charge in [-0.05, 0) is 42.0 Å². The Bertz CT molecular complexity index is 819. The Morgan fingerprint density at radius 3 is 2.08 bits per heavy atom. The smallest absolute Gasteiger partial charge is 0.357 e. The summed E-state index contributed by atoms with van der Waals surface area (Å²) in [5, 5.41) is 4.55. The van der Waals surface area contributed by atoms with Crippen LogP contribution in [0.2, 0.25) is 0 Å². The number of hydrogen-bond donors (Lipinski definition) is 2. The van der Waals surface area contributed by atoms with Crippen molar-refractivity contribution in [2.24, 2.45) is 0 Å². The van der Waals surface area contributed by atoms with Crippen LogP contribution in [-0.2, 0) is 11.0 Å². The highest BCUT2D eigenvalue weighted by Gasteiger charge is 2.30. The van der Waals surface area contributed by atoms with Crippen LogP contribution >= 0.6 is 0 Å². The average molecular weight is 372 g/mol. The maximum atomic E-state index is 13.4. The Morgan fingerprint density at radius 1 is 0.962 bits per heavy atom. The first-order valence-electron chi connectivity index (χ1n) is 7.28. The Kier molecular flexibility index (Phi) is 5.59. The van der Waals surface area contributed by atoms with E-state index in [1.807, 2.05) is 0 Å². The van der Waals surface area contributed by atoms with Gasteiger partial charge in [-0.1, -0.05) is 6.07 Å². The van der Waals surface area contributed by atoms with E-state index in [0.717, 1.165) is 42.5 Å². The molecule has 0 aliphatic rings. The number of halogens is 5. The molecule has 2 amide bonds. The molecule has 138 valence electrons. The van der Waals surface area contributed by atoms with E-state index in [9.17, 15) is 31.5 Å². The second-order valence-corrected chi connectivity index (χ2v) is 5.27. The fraction of sp³-hybridized carbons (Fsp3) is 0.176. The van der Waals surface area contributed by atoms with Crippen LogP contribution in [0, 0.1) is 11.6 Å². The maximum absolute atomic E-state index is 13.4. The van der Waals surface area contributed by atoms with Crippen LogP contribution in [0.15, 0.2) is 42.5 Å². The lowest BCUT2D eigenvalue weighted by atomic mass is 10.0. The first kappa shape index (κ1) is 19.4. The van der Waals surface area contributed by atoms with Crippen LogP contribution in [0.5, 0.6) is 0 Å². The van der Waals surface area contributed by atoms with Crippen LogP contribution in [0.1, 0.15) is 27.5 Å². The SMILES string of the molecule is CNC(=O)C(NC(=O)c1ccc(C(F)(F)F)cc1)c1ccc(F)c(F)c1. The summed E-state index contributed by atoms with van der Waals surface area (Å²) in [6, 6.07) is 4.65. The van der Waals surface area contributed by atoms with Crippen molar-refractivity contribution < 1.29 is 31.5 Å². The minimum atomic E-state index is -4.55. The van der Waals surface area contributed by atoms with Gasteiger partial charge in [0, 0.05) is 12.6 Å². The molecule has 2 aromatic carbocycles. The third-order valence-corrected chi connectivity index (χ3v) is 3.54. The lowest BCUT2D eigenvalue weighted by Crippen LogP contribution is -2.39. The number of alkyl halides is 3. The van der Waals surface area contributed by atoms with E-state index in [2.05, 4.69) is 10.6 Å². The quantitative estimate of drug-likeness (QED) is 0.810. The first-order valence-corrected chi connectivity index (χ1v) is 7.28. The van der Waals surface area contributed by atoms with Gasteiger partial charge in [0.05, 0.1) is 5.56 Å². The molecule has 0 heterocycles. The van der Waals surface area contributed by atoms with Gasteiger partial charge in [-0.2, -0.15) is 13.2 Å². The number of benzene rings is 2. The molecule has 0 aromatic heterocycles. The third-order valence-electron chi connectivity index (χ3n) is 3.54. The lowest BCUT2D eigenvalue weighted by molar-refractivity contribution is -0.137. The highest BCUT2D eigenvalue weighted by molar-refractivity contribution is 5.97. The molecule has 1 atom stereocenters. The number of amides is 2. The Hall–Kier alpha value is -2.97. The van der Waals surface area contributed by atoms with Crippen molar-refractivity contribution in [3.05, 3.63) is 70.8 Å². The van der Waals surface area contributed by atoms with Gasteiger partial charge in [0.25, 0.3) is 5.91 Å². The summed E-state index contributed by atoms with van der Waals surface area (Å²) in [4.78, 5) is 24.2. The molecule has 2 rings (SSSR count). The van der Waals surface area contributed by atoms with Crippen LogP contribution in [-0.4, -0.2) is 18.9 Å². The predicted octanol–water partition coefficient (Wildman–Crippen LogP) is 3.20. The monoisotopic (exact) mass is 372 g/mol. The fourth-order valence-corrected chi connectivity index (χ4v) is 2.16. The molecule has 26 heavy (non-hydrogen) atoms. The third kappa shape index (κ3) is 4.35. The van der Waals surface area contributed by atoms with E-state index in [1.54, 1.807) is 0 Å². The van der Waals surface area contributed by atoms with Crippen molar-refractivity contribution in [2.75, 3.05) is 7.05 Å². The summed E-state index contributed by atoms with van der Waals surface area (Å²) < 4.78 is 64.1. The van der Waals surface area contributed by atoms with Gasteiger partial charge in [-0.3, -0.25) is 9.59 Å². The largest absolute Gasteiger partial charge is 0.416 e. The van der Waals surface area contributed by atoms with Gasteiger partial charge in [-0.25, -0.2) is 8.78 Å². The summed E-state index contributed by atoms with van der Waals surface area (Å²) in [6.07, 6.45) is -4.55. The standard InChI is InChI=1S/C17H13F5N2O2/c1-23-16(26)14(10-4-7-12(18)13(19)8-10)24-15(25)9-2-5-11(6-3-9)17(20,21)22/h2-8,14H,1H3,(H,23,26)(H,24,25). The number of hydrogen-bond acceptors (Lipinski definition) is 2. The van der Waals surface area contributed by atoms with E-state index >= 15 is 0 Å². The normalized spacial score (nSPS) is 12.4. The zero-order chi connectivity index (χ0) is 19.5. The second-order valence-electron chi connectivity index (χ2n) is 5.27. The number of nitrogens with one attached hydrogen (secondary N) is 2. The minimum absolute atomic E-state index is 0.0245. The molecule has 0 spiro atoms. The van der Waals surface area contributed by atoms with Gasteiger partial charge >= 0.3 is 6.18 Å². The van der Waals surface area contributed by atoms with Crippen LogP contribution < -0.4 is 10.6 Å². The molecule has 0 saturated heterocycles. The summed E-state index contributed by atoms with van der Waals surface area (Å²) in [5.41, 5.74) is -1.09. The first-order chi connectivity index (χ1) is 12.1. The van der Waals surface area contributed by atoms with Gasteiger partial charge < -0.3 is 10.6 Å². The lowest BCUT2D eigenvalue weighted by Gasteiger charge is -2.18. The van der Waals surface area contributed by atoms with E-state index in [0.29, 0.717) is 0 Å². The zero-order valence-electron chi connectivity index (χ0n) is 13.3. The maximum Gasteiger partial charge on any atom is 0.416 e. The van der Waals surface area contributed by atoms with Crippen LogP contribution in [0.4, 0.5) is 22.0 Å². The minimum Gasteiger partial charge on any atom is -0.357 e. The molecule has 9 heteroatoms. The highest BCUT2D eigenvalue weighted by atomic mass is 19.4. The Balaban J connectivity index is 2.26. The second kappa shape index (κ2) is 7.51. The van der Waals surface area contributed by atoms with Gasteiger partial charge in [0.1, 0.15) is 6.04 Å². The van der Waals surface area contributed by atoms with Crippen molar-refractivity contribution in [1.82, 2.24) is 10.6 Å². The van der Waals surface area contributed by atoms with Crippen molar-refractivity contribution >= 4 is 11.8 Å². The van der Waals surface area contributed by atoms with Crippen LogP contribution in [0.25, 0.3) is 0 Å². The molecule has 1 unspecified atom stereocenters. The summed E-state index contributed by atoms with van der Waals surface area (Å²) >= 11 is 0. The predicted molar refractivity (Wildman–Crippen MR) is 82.1 cm³/mol. The molecule has 0 fully saturated rings. The van der Waals surface area contributed by atoms with Crippen molar-refractivity contribution in [3.63, 3.8) is 0 Å². The number of carbonyl (C=O) groups excluding carboxylic acids is 2. The van der Waals surface area contributed by atoms with E-state index < -0.39 is 41.2 Å². The van der Waals surface area contributed by atoms with E-state index in [4.69, 9.17) is 0 Å². The van der Waals surface area contributed by atoms with E-state index in [-0.39, 0.29) is 11.1 Å². The number of carbonyl (C=O) groups is 2. The average Bonchev–Trinajstić information content (AvgIpc) is 2.60. The summed E-state index contributed by atoms with van der Waals surface area (Å²) in [5.74, 6) is -3.90. The molecule has 0 aliphatic carbocycles. The molecule has 2 N–H and O–H groups in total. The van der Waals surface area contributed by atoms with E-state index in [1.165, 1.54) is 7.05 Å². The van der Waals surface area contributed by atoms with Crippen molar-refractivity contribution in [1.29, 1.82) is 0 Å². The molecular weight excluding hydrogens is 359 g/mol. The van der Waals surface area contributed by atoms with Gasteiger partial charge in [-0.15, -0.1) is 0 Å². The van der Waals surface area contributed by atoms with Crippen molar-refractivity contribution in [2.45, 2.75) is 12.2 Å². The number of rotatable bonds is 4. The molecule has 0 bridgehead atoms.